The van der Waals surface area contributed by atoms with E-state index in [2.05, 4.69) is 26.1 Å². The van der Waals surface area contributed by atoms with E-state index in [0.717, 1.165) is 5.84 Å². The summed E-state index contributed by atoms with van der Waals surface area (Å²) in [7, 11) is 3.59. The van der Waals surface area contributed by atoms with Gasteiger partial charge in [0.15, 0.2) is 0 Å². The summed E-state index contributed by atoms with van der Waals surface area (Å²) in [5.74, 6) is 0.908. The van der Waals surface area contributed by atoms with E-state index in [-0.39, 0.29) is 0 Å². The standard InChI is InChI=1S/C4H9N3.V/c1-4(6-2)7(3)5;/h1-3H3;. The summed E-state index contributed by atoms with van der Waals surface area (Å²) in [6.07, 6.45) is 0. The molecule has 0 aliphatic heterocycles. The molecule has 0 aromatic carbocycles. The quantitative estimate of drug-likeness (QED) is 0.306. The van der Waals surface area contributed by atoms with Crippen LogP contribution >= 0.6 is 0 Å². The van der Waals surface area contributed by atoms with Crippen LogP contribution in [0.25, 0.3) is 0 Å². The third kappa shape index (κ3) is 2.24. The Morgan fingerprint density at radius 2 is 2.12 bits per heavy atom. The Balaban J connectivity index is 3.81. The van der Waals surface area contributed by atoms with Crippen molar-refractivity contribution < 1.29 is 17.2 Å². The molecule has 0 aromatic rings. The number of rotatable bonds is 1. The predicted molar refractivity (Wildman–Crippen MR) is 29.2 cm³/mol. The van der Waals surface area contributed by atoms with Crippen molar-refractivity contribution >= 4 is 5.84 Å². The Hall–Kier alpha value is -0.146. The average molecular weight is 150 g/mol. The number of hydrogen-bond acceptors (Lipinski definition) is 2. The van der Waals surface area contributed by atoms with Gasteiger partial charge >= 0.3 is 58.0 Å². The van der Waals surface area contributed by atoms with Crippen molar-refractivity contribution in [2.45, 2.75) is 6.92 Å². The second-order valence-electron chi connectivity index (χ2n) is 1.38. The van der Waals surface area contributed by atoms with Crippen LogP contribution in [0.1, 0.15) is 6.92 Å². The molecule has 0 amide bonds. The first-order chi connectivity index (χ1) is 3.72. The zero-order chi connectivity index (χ0) is 6.57. The van der Waals surface area contributed by atoms with Crippen molar-refractivity contribution in [2.75, 3.05) is 14.1 Å². The van der Waals surface area contributed by atoms with Crippen LogP contribution in [0.15, 0.2) is 8.89 Å². The van der Waals surface area contributed by atoms with E-state index in [1.807, 2.05) is 14.0 Å². The molecular weight excluding hydrogens is 141 g/mol. The minimum atomic E-state index is 0.908. The fourth-order valence-electron chi connectivity index (χ4n) is 0.209. The fraction of sp³-hybridized carbons (Fsp3) is 0.750. The molecule has 8 heavy (non-hydrogen) atoms. The molecule has 0 unspecified atom stereocenters. The van der Waals surface area contributed by atoms with E-state index in [9.17, 15) is 0 Å². The molecule has 0 fully saturated rings. The second-order valence-corrected chi connectivity index (χ2v) is 1.66. The Bertz CT molecular complexity index is 110. The molecule has 0 spiro atoms. The molecule has 0 saturated heterocycles. The van der Waals surface area contributed by atoms with Gasteiger partial charge in [0, 0.05) is 0 Å². The monoisotopic (exact) mass is 150 g/mol. The molecule has 0 aliphatic rings. The van der Waals surface area contributed by atoms with E-state index in [0.29, 0.717) is 0 Å². The van der Waals surface area contributed by atoms with Crippen LogP contribution in [0.3, 0.4) is 0 Å². The van der Waals surface area contributed by atoms with Gasteiger partial charge in [-0.2, -0.15) is 0 Å². The molecule has 0 aromatic heterocycles. The van der Waals surface area contributed by atoms with E-state index in [1.165, 1.54) is 0 Å². The Morgan fingerprint density at radius 3 is 2.25 bits per heavy atom. The summed E-state index contributed by atoms with van der Waals surface area (Å²) in [6.45, 7) is 1.90. The Kier molecular flexibility index (Phi) is 3.74. The average Bonchev–Trinajstić information content (AvgIpc) is 1.84. The van der Waals surface area contributed by atoms with E-state index >= 15 is 0 Å². The summed E-state index contributed by atoms with van der Waals surface area (Å²) in [6, 6.07) is 0. The zero-order valence-electron chi connectivity index (χ0n) is 5.29. The number of aliphatic imine (C=N–C) groups is 1. The van der Waals surface area contributed by atoms with Crippen molar-refractivity contribution in [2.24, 2.45) is 8.89 Å². The van der Waals surface area contributed by atoms with Gasteiger partial charge in [-0.1, -0.05) is 0 Å². The molecule has 4 heteroatoms. The van der Waals surface area contributed by atoms with Crippen LogP contribution in [-0.4, -0.2) is 24.9 Å². The predicted octanol–water partition coefficient (Wildman–Crippen LogP) is 0.612. The molecule has 0 rings (SSSR count). The van der Waals surface area contributed by atoms with Crippen LogP contribution in [0, 0.1) is 0 Å². The van der Waals surface area contributed by atoms with Gasteiger partial charge < -0.3 is 0 Å². The van der Waals surface area contributed by atoms with E-state index < -0.39 is 0 Å². The second kappa shape index (κ2) is 3.81. The summed E-state index contributed by atoms with van der Waals surface area (Å²) in [5, 5.41) is 1.69. The van der Waals surface area contributed by atoms with Crippen molar-refractivity contribution in [1.29, 1.82) is 0 Å². The summed E-state index contributed by atoms with van der Waals surface area (Å²) in [5.41, 5.74) is 0. The van der Waals surface area contributed by atoms with Gasteiger partial charge in [0.25, 0.3) is 0 Å². The number of hydrogen-bond donors (Lipinski definition) is 0. The molecule has 0 N–H and O–H groups in total. The first kappa shape index (κ1) is 7.85. The van der Waals surface area contributed by atoms with Gasteiger partial charge in [0.05, 0.1) is 0 Å². The van der Waals surface area contributed by atoms with E-state index in [1.54, 1.807) is 12.1 Å². The van der Waals surface area contributed by atoms with Gasteiger partial charge in [-0.15, -0.1) is 0 Å². The van der Waals surface area contributed by atoms with Gasteiger partial charge in [0.1, 0.15) is 0 Å². The van der Waals surface area contributed by atoms with Crippen LogP contribution in [0.2, 0.25) is 0 Å². The Labute approximate surface area is 58.5 Å². The normalized spacial score (nSPS) is 11.0. The molecule has 3 nitrogen and oxygen atoms in total. The van der Waals surface area contributed by atoms with Gasteiger partial charge in [-0.3, -0.25) is 0 Å². The maximum absolute atomic E-state index is 3.90. The molecule has 0 heterocycles. The van der Waals surface area contributed by atoms with Crippen molar-refractivity contribution in [3.8, 4) is 0 Å². The maximum atomic E-state index is 3.90. The third-order valence-corrected chi connectivity index (χ3v) is 1.35. The number of amidine groups is 1. The zero-order valence-corrected chi connectivity index (χ0v) is 6.69. The first-order valence-corrected chi connectivity index (χ1v) is 2.87. The molecule has 0 bridgehead atoms. The van der Waals surface area contributed by atoms with E-state index in [4.69, 9.17) is 0 Å². The Morgan fingerprint density at radius 1 is 1.62 bits per heavy atom. The SMILES string of the molecule is CN=C(C)N(C)[N]=[V]. The number of nitrogens with zero attached hydrogens (tertiary/aromatic N) is 3. The molecule has 0 aliphatic carbocycles. The van der Waals surface area contributed by atoms with Gasteiger partial charge in [-0.05, 0) is 0 Å². The molecule has 45 valence electrons. The van der Waals surface area contributed by atoms with Crippen LogP contribution in [0.5, 0.6) is 0 Å². The summed E-state index contributed by atoms with van der Waals surface area (Å²) < 4.78 is 3.80. The molecule has 0 atom stereocenters. The molecule has 0 radical (unpaired) electrons. The third-order valence-electron chi connectivity index (χ3n) is 0.926. The van der Waals surface area contributed by atoms with Gasteiger partial charge in [-0.25, -0.2) is 0 Å². The topological polar surface area (TPSA) is 28.0 Å². The molecular formula is C4H9N3V. The van der Waals surface area contributed by atoms with Crippen molar-refractivity contribution in [1.82, 2.24) is 5.01 Å². The van der Waals surface area contributed by atoms with Crippen molar-refractivity contribution in [3.63, 3.8) is 0 Å². The first-order valence-electron chi connectivity index (χ1n) is 2.24. The van der Waals surface area contributed by atoms with Crippen LogP contribution in [0.4, 0.5) is 0 Å². The summed E-state index contributed by atoms with van der Waals surface area (Å²) >= 11 is 2.13. The van der Waals surface area contributed by atoms with Crippen LogP contribution in [-0.2, 0) is 17.2 Å². The molecule has 0 saturated carbocycles. The fourth-order valence-corrected chi connectivity index (χ4v) is 0.412. The van der Waals surface area contributed by atoms with Crippen LogP contribution < -0.4 is 0 Å². The minimum absolute atomic E-state index is 0.908. The van der Waals surface area contributed by atoms with Crippen molar-refractivity contribution in [3.05, 3.63) is 0 Å². The summed E-state index contributed by atoms with van der Waals surface area (Å²) in [4.78, 5) is 3.90. The van der Waals surface area contributed by atoms with Gasteiger partial charge in [0.2, 0.25) is 0 Å².